The number of hydrogen-bond acceptors (Lipinski definition) is 4. The summed E-state index contributed by atoms with van der Waals surface area (Å²) in [4.78, 5) is 14.8. The Labute approximate surface area is 113 Å². The average molecular weight is 271 g/mol. The molecule has 1 aliphatic carbocycles. The van der Waals surface area contributed by atoms with E-state index in [1.54, 1.807) is 0 Å². The zero-order chi connectivity index (χ0) is 13.0. The van der Waals surface area contributed by atoms with E-state index in [1.807, 2.05) is 0 Å². The predicted molar refractivity (Wildman–Crippen MR) is 73.4 cm³/mol. The molecule has 18 heavy (non-hydrogen) atoms. The Bertz CT molecular complexity index is 320. The minimum absolute atomic E-state index is 0.104. The molecule has 1 atom stereocenters. The lowest BCUT2D eigenvalue weighted by Gasteiger charge is -2.34. The maximum Gasteiger partial charge on any atom is 0.239 e. The van der Waals surface area contributed by atoms with Crippen LogP contribution in [0, 0.1) is 0 Å². The summed E-state index contributed by atoms with van der Waals surface area (Å²) in [5.74, 6) is 0.104. The zero-order valence-corrected chi connectivity index (χ0v) is 11.4. The van der Waals surface area contributed by atoms with Gasteiger partial charge in [0.25, 0.3) is 0 Å². The van der Waals surface area contributed by atoms with Crippen molar-refractivity contribution in [2.75, 3.05) is 26.3 Å². The number of nitrogens with two attached hydrogens (primary N) is 1. The molecule has 1 heterocycles. The van der Waals surface area contributed by atoms with Gasteiger partial charge in [0.1, 0.15) is 6.04 Å². The smallest absolute Gasteiger partial charge is 0.239 e. The highest BCUT2D eigenvalue weighted by Crippen LogP contribution is 2.19. The van der Waals surface area contributed by atoms with Crippen molar-refractivity contribution in [3.63, 3.8) is 0 Å². The van der Waals surface area contributed by atoms with Gasteiger partial charge in [-0.3, -0.25) is 9.69 Å². The van der Waals surface area contributed by atoms with Gasteiger partial charge in [-0.15, -0.1) is 0 Å². The monoisotopic (exact) mass is 271 g/mol. The van der Waals surface area contributed by atoms with E-state index < -0.39 is 0 Å². The summed E-state index contributed by atoms with van der Waals surface area (Å²) >= 11 is 4.86. The van der Waals surface area contributed by atoms with Gasteiger partial charge in [0.2, 0.25) is 5.91 Å². The summed E-state index contributed by atoms with van der Waals surface area (Å²) in [7, 11) is 0. The average Bonchev–Trinajstić information content (AvgIpc) is 3.13. The van der Waals surface area contributed by atoms with Crippen molar-refractivity contribution in [3.05, 3.63) is 0 Å². The SMILES string of the molecule is NC(=S)CCCN1CCOCC1C(=O)NC1CC1. The van der Waals surface area contributed by atoms with Crippen molar-refractivity contribution in [1.82, 2.24) is 10.2 Å². The first-order valence-electron chi connectivity index (χ1n) is 6.57. The van der Waals surface area contributed by atoms with Crippen molar-refractivity contribution in [2.45, 2.75) is 37.8 Å². The molecule has 1 saturated heterocycles. The van der Waals surface area contributed by atoms with Crippen LogP contribution in [-0.4, -0.2) is 54.2 Å². The van der Waals surface area contributed by atoms with Crippen LogP contribution in [0.5, 0.6) is 0 Å². The van der Waals surface area contributed by atoms with Crippen LogP contribution >= 0.6 is 12.2 Å². The summed E-state index contributed by atoms with van der Waals surface area (Å²) in [6, 6.07) is 0.253. The van der Waals surface area contributed by atoms with E-state index >= 15 is 0 Å². The third kappa shape index (κ3) is 4.19. The highest BCUT2D eigenvalue weighted by atomic mass is 32.1. The number of nitrogens with one attached hydrogen (secondary N) is 1. The third-order valence-corrected chi connectivity index (χ3v) is 3.54. The minimum Gasteiger partial charge on any atom is -0.393 e. The van der Waals surface area contributed by atoms with Crippen molar-refractivity contribution in [1.29, 1.82) is 0 Å². The molecule has 102 valence electrons. The lowest BCUT2D eigenvalue weighted by molar-refractivity contribution is -0.132. The van der Waals surface area contributed by atoms with Crippen LogP contribution in [0.1, 0.15) is 25.7 Å². The van der Waals surface area contributed by atoms with E-state index in [2.05, 4.69) is 10.2 Å². The summed E-state index contributed by atoms with van der Waals surface area (Å²) < 4.78 is 5.41. The van der Waals surface area contributed by atoms with Gasteiger partial charge in [0.05, 0.1) is 18.2 Å². The molecular formula is C12H21N3O2S. The first kappa shape index (κ1) is 13.7. The van der Waals surface area contributed by atoms with Gasteiger partial charge in [0, 0.05) is 12.6 Å². The molecule has 0 aromatic heterocycles. The number of amides is 1. The third-order valence-electron chi connectivity index (χ3n) is 3.33. The van der Waals surface area contributed by atoms with Crippen LogP contribution in [0.2, 0.25) is 0 Å². The number of hydrogen-bond donors (Lipinski definition) is 2. The number of thiocarbonyl (C=S) groups is 1. The first-order chi connectivity index (χ1) is 8.66. The van der Waals surface area contributed by atoms with Gasteiger partial charge in [0.15, 0.2) is 0 Å². The normalized spacial score (nSPS) is 24.8. The Balaban J connectivity index is 1.80. The Morgan fingerprint density at radius 1 is 1.50 bits per heavy atom. The molecule has 2 aliphatic rings. The standard InChI is InChI=1S/C12H21N3O2S/c13-11(18)2-1-5-15-6-7-17-8-10(15)12(16)14-9-3-4-9/h9-10H,1-8H2,(H2,13,18)(H,14,16). The van der Waals surface area contributed by atoms with Gasteiger partial charge >= 0.3 is 0 Å². The van der Waals surface area contributed by atoms with E-state index in [0.717, 1.165) is 38.8 Å². The summed E-state index contributed by atoms with van der Waals surface area (Å²) in [6.45, 7) is 2.84. The highest BCUT2D eigenvalue weighted by molar-refractivity contribution is 7.80. The molecule has 1 aliphatic heterocycles. The van der Waals surface area contributed by atoms with E-state index in [-0.39, 0.29) is 11.9 Å². The fraction of sp³-hybridized carbons (Fsp3) is 0.833. The molecule has 3 N–H and O–H groups in total. The fourth-order valence-electron chi connectivity index (χ4n) is 2.13. The molecule has 0 aromatic rings. The molecule has 2 rings (SSSR count). The van der Waals surface area contributed by atoms with Crippen molar-refractivity contribution in [2.24, 2.45) is 5.73 Å². The number of morpholine rings is 1. The van der Waals surface area contributed by atoms with Gasteiger partial charge in [-0.1, -0.05) is 12.2 Å². The second kappa shape index (κ2) is 6.45. The quantitative estimate of drug-likeness (QED) is 0.667. The second-order valence-electron chi connectivity index (χ2n) is 4.98. The molecule has 2 fully saturated rings. The maximum atomic E-state index is 12.1. The molecule has 0 radical (unpaired) electrons. The molecule has 1 saturated carbocycles. The van der Waals surface area contributed by atoms with Crippen LogP contribution in [-0.2, 0) is 9.53 Å². The molecule has 6 heteroatoms. The number of carbonyl (C=O) groups excluding carboxylic acids is 1. The van der Waals surface area contributed by atoms with Gasteiger partial charge in [-0.25, -0.2) is 0 Å². The van der Waals surface area contributed by atoms with Crippen LogP contribution in [0.25, 0.3) is 0 Å². The number of rotatable bonds is 6. The largest absolute Gasteiger partial charge is 0.393 e. The van der Waals surface area contributed by atoms with E-state index in [4.69, 9.17) is 22.7 Å². The first-order valence-corrected chi connectivity index (χ1v) is 6.98. The predicted octanol–water partition coefficient (Wildman–Crippen LogP) is 0.0321. The fourth-order valence-corrected chi connectivity index (χ4v) is 2.27. The molecule has 1 unspecified atom stereocenters. The summed E-state index contributed by atoms with van der Waals surface area (Å²) in [6.07, 6.45) is 3.87. The lowest BCUT2D eigenvalue weighted by atomic mass is 10.2. The number of carbonyl (C=O) groups is 1. The second-order valence-corrected chi connectivity index (χ2v) is 5.50. The van der Waals surface area contributed by atoms with E-state index in [0.29, 0.717) is 24.2 Å². The van der Waals surface area contributed by atoms with Crippen molar-refractivity contribution in [3.8, 4) is 0 Å². The molecule has 0 aromatic carbocycles. The van der Waals surface area contributed by atoms with Crippen molar-refractivity contribution >= 4 is 23.1 Å². The molecule has 0 bridgehead atoms. The van der Waals surface area contributed by atoms with Gasteiger partial charge in [-0.2, -0.15) is 0 Å². The Kier molecular flexibility index (Phi) is 4.91. The van der Waals surface area contributed by atoms with E-state index in [1.165, 1.54) is 0 Å². The van der Waals surface area contributed by atoms with Crippen LogP contribution in [0.4, 0.5) is 0 Å². The Morgan fingerprint density at radius 3 is 2.94 bits per heavy atom. The molecule has 1 amide bonds. The van der Waals surface area contributed by atoms with Gasteiger partial charge in [-0.05, 0) is 32.2 Å². The molecular weight excluding hydrogens is 250 g/mol. The highest BCUT2D eigenvalue weighted by Gasteiger charge is 2.32. The molecule has 0 spiro atoms. The van der Waals surface area contributed by atoms with Gasteiger partial charge < -0.3 is 15.8 Å². The number of nitrogens with zero attached hydrogens (tertiary/aromatic N) is 1. The zero-order valence-electron chi connectivity index (χ0n) is 10.6. The number of ether oxygens (including phenoxy) is 1. The summed E-state index contributed by atoms with van der Waals surface area (Å²) in [5.41, 5.74) is 5.49. The van der Waals surface area contributed by atoms with Crippen LogP contribution in [0.3, 0.4) is 0 Å². The maximum absolute atomic E-state index is 12.1. The molecule has 5 nitrogen and oxygen atoms in total. The summed E-state index contributed by atoms with van der Waals surface area (Å²) in [5, 5.41) is 3.04. The van der Waals surface area contributed by atoms with Crippen molar-refractivity contribution < 1.29 is 9.53 Å². The topological polar surface area (TPSA) is 67.6 Å². The Hall–Kier alpha value is -0.720. The van der Waals surface area contributed by atoms with Crippen LogP contribution in [0.15, 0.2) is 0 Å². The van der Waals surface area contributed by atoms with Crippen LogP contribution < -0.4 is 11.1 Å². The van der Waals surface area contributed by atoms with E-state index in [9.17, 15) is 4.79 Å². The Morgan fingerprint density at radius 2 is 2.28 bits per heavy atom. The minimum atomic E-state index is -0.148. The lowest BCUT2D eigenvalue weighted by Crippen LogP contribution is -2.54.